The fourth-order valence-corrected chi connectivity index (χ4v) is 6.72. The molecule has 0 N–H and O–H groups in total. The minimum atomic E-state index is 0.910. The van der Waals surface area contributed by atoms with E-state index in [1.165, 1.54) is 48.1 Å². The molecular formula is C37H24N2S. The third kappa shape index (κ3) is 3.91. The van der Waals surface area contributed by atoms with Crippen LogP contribution in [0.3, 0.4) is 0 Å². The van der Waals surface area contributed by atoms with Crippen molar-refractivity contribution < 1.29 is 0 Å². The molecule has 0 spiro atoms. The van der Waals surface area contributed by atoms with Gasteiger partial charge in [-0.05, 0) is 87.3 Å². The molecule has 0 bridgehead atoms. The summed E-state index contributed by atoms with van der Waals surface area (Å²) in [5.74, 6) is 0.910. The minimum absolute atomic E-state index is 0.910. The first-order valence-corrected chi connectivity index (χ1v) is 14.3. The van der Waals surface area contributed by atoms with Gasteiger partial charge in [0.2, 0.25) is 0 Å². The van der Waals surface area contributed by atoms with Crippen LogP contribution in [0.4, 0.5) is 17.2 Å². The zero-order valence-corrected chi connectivity index (χ0v) is 22.5. The van der Waals surface area contributed by atoms with Crippen LogP contribution in [0.5, 0.6) is 0 Å². The number of anilines is 3. The first kappa shape index (κ1) is 22.9. The maximum absolute atomic E-state index is 5.22. The SMILES string of the molecule is c1ccc(N(c2ccc(-c3ccc4ccccc4c3)cc2)c2ccc3c(n2)sc2cc4ccccc4cc23)cc1. The van der Waals surface area contributed by atoms with E-state index >= 15 is 0 Å². The molecule has 0 fully saturated rings. The Hall–Kier alpha value is -4.99. The number of pyridine rings is 1. The fraction of sp³-hybridized carbons (Fsp3) is 0. The first-order valence-electron chi connectivity index (χ1n) is 13.5. The average molecular weight is 529 g/mol. The van der Waals surface area contributed by atoms with Gasteiger partial charge in [-0.3, -0.25) is 4.90 Å². The molecule has 0 aliphatic rings. The topological polar surface area (TPSA) is 16.1 Å². The Kier molecular flexibility index (Phi) is 5.35. The lowest BCUT2D eigenvalue weighted by Crippen LogP contribution is -2.11. The molecule has 0 aliphatic carbocycles. The van der Waals surface area contributed by atoms with Gasteiger partial charge in [-0.1, -0.05) is 91.0 Å². The smallest absolute Gasteiger partial charge is 0.139 e. The number of hydrogen-bond donors (Lipinski definition) is 0. The highest BCUT2D eigenvalue weighted by atomic mass is 32.1. The second kappa shape index (κ2) is 9.33. The van der Waals surface area contributed by atoms with Gasteiger partial charge < -0.3 is 0 Å². The van der Waals surface area contributed by atoms with E-state index in [2.05, 4.69) is 150 Å². The molecule has 0 amide bonds. The predicted molar refractivity (Wildman–Crippen MR) is 172 cm³/mol. The number of thiophene rings is 1. The second-order valence-corrected chi connectivity index (χ2v) is 11.1. The van der Waals surface area contributed by atoms with Gasteiger partial charge in [0.1, 0.15) is 10.6 Å². The molecule has 2 aromatic heterocycles. The van der Waals surface area contributed by atoms with Crippen molar-refractivity contribution in [2.75, 3.05) is 4.90 Å². The Balaban J connectivity index is 1.23. The van der Waals surface area contributed by atoms with Gasteiger partial charge in [0, 0.05) is 26.8 Å². The maximum Gasteiger partial charge on any atom is 0.139 e. The van der Waals surface area contributed by atoms with Crippen molar-refractivity contribution in [1.29, 1.82) is 0 Å². The van der Waals surface area contributed by atoms with Crippen molar-refractivity contribution in [1.82, 2.24) is 4.98 Å². The monoisotopic (exact) mass is 528 g/mol. The van der Waals surface area contributed by atoms with E-state index < -0.39 is 0 Å². The van der Waals surface area contributed by atoms with Crippen LogP contribution in [0, 0.1) is 0 Å². The molecule has 8 aromatic rings. The quantitative estimate of drug-likeness (QED) is 0.226. The lowest BCUT2D eigenvalue weighted by molar-refractivity contribution is 1.21. The molecular weight excluding hydrogens is 504 g/mol. The third-order valence-electron chi connectivity index (χ3n) is 7.64. The van der Waals surface area contributed by atoms with Gasteiger partial charge in [0.05, 0.1) is 0 Å². The van der Waals surface area contributed by atoms with E-state index in [4.69, 9.17) is 4.98 Å². The van der Waals surface area contributed by atoms with Gasteiger partial charge in [-0.25, -0.2) is 4.98 Å². The molecule has 2 heterocycles. The molecule has 0 atom stereocenters. The number of benzene rings is 6. The van der Waals surface area contributed by atoms with Crippen LogP contribution < -0.4 is 4.90 Å². The van der Waals surface area contributed by atoms with Crippen molar-refractivity contribution in [3.63, 3.8) is 0 Å². The van der Waals surface area contributed by atoms with Crippen LogP contribution >= 0.6 is 11.3 Å². The van der Waals surface area contributed by atoms with Crippen LogP contribution in [-0.2, 0) is 0 Å². The molecule has 0 saturated heterocycles. The van der Waals surface area contributed by atoms with Gasteiger partial charge >= 0.3 is 0 Å². The Morgan fingerprint density at radius 1 is 0.450 bits per heavy atom. The molecule has 0 radical (unpaired) electrons. The summed E-state index contributed by atoms with van der Waals surface area (Å²) in [5.41, 5.74) is 4.57. The minimum Gasteiger partial charge on any atom is -0.295 e. The van der Waals surface area contributed by atoms with Crippen LogP contribution in [0.25, 0.3) is 53.0 Å². The molecule has 0 saturated carbocycles. The summed E-state index contributed by atoms with van der Waals surface area (Å²) in [7, 11) is 0. The van der Waals surface area contributed by atoms with Crippen molar-refractivity contribution in [3.05, 3.63) is 146 Å². The summed E-state index contributed by atoms with van der Waals surface area (Å²) in [5, 5.41) is 7.51. The lowest BCUT2D eigenvalue weighted by atomic mass is 10.0. The zero-order valence-electron chi connectivity index (χ0n) is 21.7. The Bertz CT molecular complexity index is 2160. The third-order valence-corrected chi connectivity index (χ3v) is 8.70. The molecule has 40 heavy (non-hydrogen) atoms. The highest BCUT2D eigenvalue weighted by Gasteiger charge is 2.16. The molecule has 0 aliphatic heterocycles. The second-order valence-electron chi connectivity index (χ2n) is 10.1. The van der Waals surface area contributed by atoms with Crippen LogP contribution in [0.15, 0.2) is 146 Å². The summed E-state index contributed by atoms with van der Waals surface area (Å²) in [6, 6.07) is 52.0. The van der Waals surface area contributed by atoms with Crippen molar-refractivity contribution in [2.45, 2.75) is 0 Å². The van der Waals surface area contributed by atoms with E-state index in [9.17, 15) is 0 Å². The molecule has 8 rings (SSSR count). The van der Waals surface area contributed by atoms with Crippen molar-refractivity contribution >= 4 is 70.4 Å². The summed E-state index contributed by atoms with van der Waals surface area (Å²) in [6.45, 7) is 0. The van der Waals surface area contributed by atoms with Gasteiger partial charge in [-0.15, -0.1) is 11.3 Å². The van der Waals surface area contributed by atoms with E-state index in [0.717, 1.165) is 22.0 Å². The van der Waals surface area contributed by atoms with Crippen molar-refractivity contribution in [2.24, 2.45) is 0 Å². The fourth-order valence-electron chi connectivity index (χ4n) is 5.62. The number of nitrogens with zero attached hydrogens (tertiary/aromatic N) is 2. The maximum atomic E-state index is 5.22. The number of hydrogen-bond acceptors (Lipinski definition) is 3. The highest BCUT2D eigenvalue weighted by Crippen LogP contribution is 2.40. The van der Waals surface area contributed by atoms with Gasteiger partial charge in [-0.2, -0.15) is 0 Å². The predicted octanol–water partition coefficient (Wildman–Crippen LogP) is 10.9. The van der Waals surface area contributed by atoms with E-state index in [1.807, 2.05) is 0 Å². The number of fused-ring (bicyclic) bond motifs is 5. The van der Waals surface area contributed by atoms with Gasteiger partial charge in [0.15, 0.2) is 0 Å². The number of para-hydroxylation sites is 1. The Labute approximate surface area is 236 Å². The van der Waals surface area contributed by atoms with Gasteiger partial charge in [0.25, 0.3) is 0 Å². The van der Waals surface area contributed by atoms with E-state index in [-0.39, 0.29) is 0 Å². The summed E-state index contributed by atoms with van der Waals surface area (Å²) in [4.78, 5) is 8.51. The number of aromatic nitrogens is 1. The number of rotatable bonds is 4. The average Bonchev–Trinajstić information content (AvgIpc) is 3.37. The largest absolute Gasteiger partial charge is 0.295 e. The normalized spacial score (nSPS) is 11.5. The van der Waals surface area contributed by atoms with Crippen molar-refractivity contribution in [3.8, 4) is 11.1 Å². The summed E-state index contributed by atoms with van der Waals surface area (Å²) >= 11 is 1.76. The summed E-state index contributed by atoms with van der Waals surface area (Å²) in [6.07, 6.45) is 0. The molecule has 2 nitrogen and oxygen atoms in total. The molecule has 6 aromatic carbocycles. The van der Waals surface area contributed by atoms with Crippen LogP contribution in [0.2, 0.25) is 0 Å². The Morgan fingerprint density at radius 2 is 1.07 bits per heavy atom. The molecule has 188 valence electrons. The standard InChI is InChI=1S/C37H24N2S/c1-2-12-31(13-3-1)39(32-18-16-26(17-19-32)30-15-14-25-8-4-5-9-27(25)22-30)36-21-20-33-34-23-28-10-6-7-11-29(28)24-35(34)40-37(33)38-36/h1-24H. The van der Waals surface area contributed by atoms with E-state index in [1.54, 1.807) is 11.3 Å². The lowest BCUT2D eigenvalue weighted by Gasteiger charge is -2.24. The highest BCUT2D eigenvalue weighted by molar-refractivity contribution is 7.25. The first-order chi connectivity index (χ1) is 19.8. The molecule has 0 unspecified atom stereocenters. The molecule has 3 heteroatoms. The summed E-state index contributed by atoms with van der Waals surface area (Å²) < 4.78 is 1.27. The Morgan fingerprint density at radius 3 is 1.85 bits per heavy atom. The zero-order chi connectivity index (χ0) is 26.5. The van der Waals surface area contributed by atoms with Crippen LogP contribution in [-0.4, -0.2) is 4.98 Å². The van der Waals surface area contributed by atoms with E-state index in [0.29, 0.717) is 0 Å². The van der Waals surface area contributed by atoms with Crippen LogP contribution in [0.1, 0.15) is 0 Å².